The molecule has 5 nitrogen and oxygen atoms in total. The molecule has 158 valence electrons. The van der Waals surface area contributed by atoms with E-state index in [0.717, 1.165) is 22.3 Å². The fraction of sp³-hybridized carbons (Fsp3) is 0.348. The van der Waals surface area contributed by atoms with Crippen LogP contribution in [0.3, 0.4) is 0 Å². The van der Waals surface area contributed by atoms with E-state index in [2.05, 4.69) is 56.8 Å². The zero-order chi connectivity index (χ0) is 22.3. The molecular weight excluding hydrogens is 416 g/mol. The summed E-state index contributed by atoms with van der Waals surface area (Å²) in [5, 5.41) is 23.2. The molecule has 1 heterocycles. The van der Waals surface area contributed by atoms with E-state index in [9.17, 15) is 5.11 Å². The van der Waals surface area contributed by atoms with Gasteiger partial charge in [0.25, 0.3) is 0 Å². The van der Waals surface area contributed by atoms with Crippen LogP contribution in [0.1, 0.15) is 58.2 Å². The fourth-order valence-electron chi connectivity index (χ4n) is 3.18. The molecule has 0 amide bonds. The highest BCUT2D eigenvalue weighted by Gasteiger charge is 2.26. The second kappa shape index (κ2) is 8.00. The summed E-state index contributed by atoms with van der Waals surface area (Å²) in [7, 11) is 0. The standard InChI is InChI=1S/C23H27ClN4OS/c1-22(2,3)17-11-14(12-18(19(17)29)23(4,5)6)13-25-28-20(26-27-21(28)30)15-7-9-16(24)10-8-15/h7-13,29H,1-6H3,(H,27,30)/b25-13+. The molecule has 0 aliphatic rings. The van der Waals surface area contributed by atoms with Crippen molar-refractivity contribution in [2.75, 3.05) is 0 Å². The Morgan fingerprint density at radius 1 is 1.03 bits per heavy atom. The Bertz CT molecular complexity index is 1110. The molecule has 1 aromatic heterocycles. The Morgan fingerprint density at radius 2 is 1.57 bits per heavy atom. The first-order valence-corrected chi connectivity index (χ1v) is 10.5. The smallest absolute Gasteiger partial charge is 0.216 e. The van der Waals surface area contributed by atoms with Crippen LogP contribution in [0.25, 0.3) is 11.4 Å². The quantitative estimate of drug-likeness (QED) is 0.362. The Labute approximate surface area is 187 Å². The van der Waals surface area contributed by atoms with Crippen LogP contribution in [0.2, 0.25) is 5.02 Å². The normalized spacial score (nSPS) is 12.6. The van der Waals surface area contributed by atoms with E-state index < -0.39 is 0 Å². The predicted molar refractivity (Wildman–Crippen MR) is 126 cm³/mol. The lowest BCUT2D eigenvalue weighted by Crippen LogP contribution is -2.18. The van der Waals surface area contributed by atoms with Crippen molar-refractivity contribution >= 4 is 30.0 Å². The van der Waals surface area contributed by atoms with Crippen molar-refractivity contribution in [1.82, 2.24) is 14.9 Å². The second-order valence-electron chi connectivity index (χ2n) is 9.38. The minimum Gasteiger partial charge on any atom is -0.507 e. The van der Waals surface area contributed by atoms with Crippen LogP contribution < -0.4 is 0 Å². The molecule has 3 aromatic rings. The Morgan fingerprint density at radius 3 is 2.07 bits per heavy atom. The van der Waals surface area contributed by atoms with E-state index >= 15 is 0 Å². The Balaban J connectivity index is 2.10. The van der Waals surface area contributed by atoms with Crippen molar-refractivity contribution in [3.63, 3.8) is 0 Å². The number of aromatic hydroxyl groups is 1. The summed E-state index contributed by atoms with van der Waals surface area (Å²) in [4.78, 5) is 0. The van der Waals surface area contributed by atoms with Gasteiger partial charge in [0, 0.05) is 21.7 Å². The number of halogens is 1. The average molecular weight is 443 g/mol. The molecule has 0 fully saturated rings. The number of nitrogens with zero attached hydrogens (tertiary/aromatic N) is 3. The van der Waals surface area contributed by atoms with Gasteiger partial charge in [0.2, 0.25) is 4.77 Å². The summed E-state index contributed by atoms with van der Waals surface area (Å²) >= 11 is 11.4. The minimum atomic E-state index is -0.214. The zero-order valence-corrected chi connectivity index (χ0v) is 19.7. The third-order valence-corrected chi connectivity index (χ3v) is 5.34. The first-order valence-electron chi connectivity index (χ1n) is 9.73. The van der Waals surface area contributed by atoms with E-state index in [1.54, 1.807) is 23.0 Å². The van der Waals surface area contributed by atoms with Gasteiger partial charge >= 0.3 is 0 Å². The average Bonchev–Trinajstić information content (AvgIpc) is 3.00. The van der Waals surface area contributed by atoms with Gasteiger partial charge in [-0.1, -0.05) is 53.1 Å². The summed E-state index contributed by atoms with van der Waals surface area (Å²) in [6.07, 6.45) is 1.74. The highest BCUT2D eigenvalue weighted by atomic mass is 35.5. The van der Waals surface area contributed by atoms with Crippen LogP contribution in [0.5, 0.6) is 5.75 Å². The summed E-state index contributed by atoms with van der Waals surface area (Å²) < 4.78 is 1.97. The van der Waals surface area contributed by atoms with Crippen LogP contribution >= 0.6 is 23.8 Å². The highest BCUT2D eigenvalue weighted by molar-refractivity contribution is 7.71. The number of benzene rings is 2. The van der Waals surface area contributed by atoms with Crippen molar-refractivity contribution in [2.24, 2.45) is 5.10 Å². The molecule has 0 saturated carbocycles. The van der Waals surface area contributed by atoms with Crippen molar-refractivity contribution in [3.8, 4) is 17.1 Å². The summed E-state index contributed by atoms with van der Waals surface area (Å²) in [5.74, 6) is 0.938. The van der Waals surface area contributed by atoms with Crippen molar-refractivity contribution in [2.45, 2.75) is 52.4 Å². The van der Waals surface area contributed by atoms with Gasteiger partial charge in [-0.3, -0.25) is 0 Å². The van der Waals surface area contributed by atoms with Gasteiger partial charge in [0.05, 0.1) is 6.21 Å². The number of aromatic nitrogens is 3. The molecule has 2 N–H and O–H groups in total. The summed E-state index contributed by atoms with van der Waals surface area (Å²) in [5.41, 5.74) is 3.06. The molecular formula is C23H27ClN4OS. The van der Waals surface area contributed by atoms with Gasteiger partial charge in [0.15, 0.2) is 5.82 Å². The second-order valence-corrected chi connectivity index (χ2v) is 10.2. The number of nitrogens with one attached hydrogen (secondary N) is 1. The van der Waals surface area contributed by atoms with Crippen LogP contribution in [-0.2, 0) is 10.8 Å². The van der Waals surface area contributed by atoms with Crippen LogP contribution in [0, 0.1) is 4.77 Å². The fourth-order valence-corrected chi connectivity index (χ4v) is 3.49. The predicted octanol–water partition coefficient (Wildman–Crippen LogP) is 6.44. The lowest BCUT2D eigenvalue weighted by Gasteiger charge is -2.27. The minimum absolute atomic E-state index is 0.214. The number of hydrogen-bond donors (Lipinski definition) is 2. The van der Waals surface area contributed by atoms with Gasteiger partial charge in [-0.2, -0.15) is 14.9 Å². The Kier molecular flexibility index (Phi) is 5.94. The number of aromatic amines is 1. The maximum atomic E-state index is 10.9. The van der Waals surface area contributed by atoms with Gasteiger partial charge < -0.3 is 5.11 Å². The van der Waals surface area contributed by atoms with Crippen LogP contribution in [0.4, 0.5) is 0 Å². The number of phenols is 1. The lowest BCUT2D eigenvalue weighted by atomic mass is 9.78. The van der Waals surface area contributed by atoms with E-state index in [0.29, 0.717) is 21.4 Å². The van der Waals surface area contributed by atoms with E-state index in [1.807, 2.05) is 24.3 Å². The van der Waals surface area contributed by atoms with E-state index in [4.69, 9.17) is 23.8 Å². The number of phenolic OH excluding ortho intramolecular Hbond substituents is 1. The van der Waals surface area contributed by atoms with Gasteiger partial charge in [-0.05, 0) is 65.0 Å². The van der Waals surface area contributed by atoms with Gasteiger partial charge in [0.1, 0.15) is 5.75 Å². The SMILES string of the molecule is CC(C)(C)c1cc(/C=N/n2c(-c3ccc(Cl)cc3)n[nH]c2=S)cc(C(C)(C)C)c1O. The van der Waals surface area contributed by atoms with Crippen molar-refractivity contribution in [3.05, 3.63) is 62.9 Å². The topological polar surface area (TPSA) is 66.2 Å². The summed E-state index contributed by atoms with van der Waals surface area (Å²) in [6, 6.07) is 11.3. The van der Waals surface area contributed by atoms with E-state index in [-0.39, 0.29) is 10.8 Å². The zero-order valence-electron chi connectivity index (χ0n) is 18.1. The molecule has 0 aliphatic carbocycles. The first kappa shape index (κ1) is 22.2. The van der Waals surface area contributed by atoms with E-state index in [1.165, 1.54) is 0 Å². The molecule has 0 saturated heterocycles. The number of hydrogen-bond acceptors (Lipinski definition) is 4. The third-order valence-electron chi connectivity index (χ3n) is 4.82. The lowest BCUT2D eigenvalue weighted by molar-refractivity contribution is 0.423. The number of rotatable bonds is 3. The molecule has 0 bridgehead atoms. The maximum Gasteiger partial charge on any atom is 0.216 e. The molecule has 7 heteroatoms. The molecule has 0 atom stereocenters. The Hall–Kier alpha value is -2.44. The van der Waals surface area contributed by atoms with Crippen molar-refractivity contribution < 1.29 is 5.11 Å². The molecule has 0 radical (unpaired) electrons. The molecule has 30 heavy (non-hydrogen) atoms. The molecule has 3 rings (SSSR count). The molecule has 2 aromatic carbocycles. The highest BCUT2D eigenvalue weighted by Crippen LogP contribution is 2.39. The molecule has 0 aliphatic heterocycles. The first-order chi connectivity index (χ1) is 13.9. The monoisotopic (exact) mass is 442 g/mol. The molecule has 0 spiro atoms. The summed E-state index contributed by atoms with van der Waals surface area (Å²) in [6.45, 7) is 12.5. The number of H-pyrrole nitrogens is 1. The van der Waals surface area contributed by atoms with Crippen LogP contribution in [0.15, 0.2) is 41.5 Å². The van der Waals surface area contributed by atoms with Gasteiger partial charge in [-0.15, -0.1) is 0 Å². The third kappa shape index (κ3) is 4.65. The maximum absolute atomic E-state index is 10.9. The molecule has 0 unspecified atom stereocenters. The van der Waals surface area contributed by atoms with Crippen LogP contribution in [-0.4, -0.2) is 26.2 Å². The largest absolute Gasteiger partial charge is 0.507 e. The van der Waals surface area contributed by atoms with Crippen molar-refractivity contribution in [1.29, 1.82) is 0 Å². The van der Waals surface area contributed by atoms with Gasteiger partial charge in [-0.25, -0.2) is 5.10 Å².